The normalized spacial score (nSPS) is 17.2. The van der Waals surface area contributed by atoms with Crippen molar-refractivity contribution in [1.82, 2.24) is 25.3 Å². The number of hydrogen-bond donors (Lipinski definition) is 2. The summed E-state index contributed by atoms with van der Waals surface area (Å²) in [6.45, 7) is 5.18. The van der Waals surface area contributed by atoms with Crippen LogP contribution in [-0.4, -0.2) is 64.7 Å². The zero-order valence-corrected chi connectivity index (χ0v) is 23.0. The first-order valence-electron chi connectivity index (χ1n) is 13.2. The van der Waals surface area contributed by atoms with Crippen LogP contribution in [0.3, 0.4) is 0 Å². The Morgan fingerprint density at radius 2 is 1.95 bits per heavy atom. The van der Waals surface area contributed by atoms with Crippen LogP contribution < -0.4 is 15.4 Å². The molecule has 39 heavy (non-hydrogen) atoms. The molecule has 0 aliphatic carbocycles. The maximum Gasteiger partial charge on any atom is 0.257 e. The smallest absolute Gasteiger partial charge is 0.257 e. The predicted octanol–water partition coefficient (Wildman–Crippen LogP) is 3.64. The van der Waals surface area contributed by atoms with Gasteiger partial charge in [0.25, 0.3) is 11.8 Å². The summed E-state index contributed by atoms with van der Waals surface area (Å²) in [4.78, 5) is 41.3. The lowest BCUT2D eigenvalue weighted by molar-refractivity contribution is -0.122. The SMILES string of the molecule is CCn1cc(C(=O)N2CCCCNC(=O)c3cc(Cl)ccc3OC[C@@H](Cc3ccccc3)NC(=O)C2)c(C)n1. The van der Waals surface area contributed by atoms with Crippen LogP contribution in [0, 0.1) is 6.92 Å². The second kappa shape index (κ2) is 13.3. The molecular weight excluding hydrogens is 518 g/mol. The fraction of sp³-hybridized carbons (Fsp3) is 0.379. The number of carbonyl (C=O) groups is 3. The molecule has 4 rings (SSSR count). The molecular formula is C29H34ClN5O4. The summed E-state index contributed by atoms with van der Waals surface area (Å²) < 4.78 is 7.78. The molecule has 2 aromatic carbocycles. The van der Waals surface area contributed by atoms with Gasteiger partial charge in [0.15, 0.2) is 0 Å². The van der Waals surface area contributed by atoms with Gasteiger partial charge in [-0.05, 0) is 56.9 Å². The number of hydrogen-bond acceptors (Lipinski definition) is 5. The van der Waals surface area contributed by atoms with E-state index in [0.717, 1.165) is 5.56 Å². The molecule has 9 nitrogen and oxygen atoms in total. The number of rotatable bonds is 4. The Hall–Kier alpha value is -3.85. The average Bonchev–Trinajstić information content (AvgIpc) is 3.31. The van der Waals surface area contributed by atoms with Crippen molar-refractivity contribution in [1.29, 1.82) is 0 Å². The summed E-state index contributed by atoms with van der Waals surface area (Å²) in [5, 5.41) is 10.8. The van der Waals surface area contributed by atoms with Crippen molar-refractivity contribution in [2.75, 3.05) is 26.2 Å². The first-order chi connectivity index (χ1) is 18.8. The molecule has 0 spiro atoms. The summed E-state index contributed by atoms with van der Waals surface area (Å²) in [5.41, 5.74) is 2.46. The first kappa shape index (κ1) is 28.2. The fourth-order valence-corrected chi connectivity index (χ4v) is 4.70. The Labute approximate surface area is 233 Å². The van der Waals surface area contributed by atoms with E-state index in [2.05, 4.69) is 15.7 Å². The molecule has 206 valence electrons. The highest BCUT2D eigenvalue weighted by Crippen LogP contribution is 2.23. The molecule has 0 radical (unpaired) electrons. The number of nitrogens with one attached hydrogen (secondary N) is 2. The lowest BCUT2D eigenvalue weighted by Gasteiger charge is -2.25. The Morgan fingerprint density at radius 1 is 1.15 bits per heavy atom. The van der Waals surface area contributed by atoms with Crippen molar-refractivity contribution in [2.24, 2.45) is 0 Å². The molecule has 1 aromatic heterocycles. The van der Waals surface area contributed by atoms with E-state index in [9.17, 15) is 14.4 Å². The number of amides is 3. The minimum atomic E-state index is -0.404. The lowest BCUT2D eigenvalue weighted by atomic mass is 10.1. The molecule has 0 fully saturated rings. The van der Waals surface area contributed by atoms with Crippen molar-refractivity contribution >= 4 is 29.3 Å². The number of carbonyl (C=O) groups excluding carboxylic acids is 3. The van der Waals surface area contributed by atoms with E-state index >= 15 is 0 Å². The van der Waals surface area contributed by atoms with E-state index in [1.165, 1.54) is 0 Å². The largest absolute Gasteiger partial charge is 0.491 e. The first-order valence-corrected chi connectivity index (χ1v) is 13.6. The molecule has 1 aliphatic heterocycles. The summed E-state index contributed by atoms with van der Waals surface area (Å²) in [7, 11) is 0. The predicted molar refractivity (Wildman–Crippen MR) is 149 cm³/mol. The Bertz CT molecular complexity index is 1310. The third-order valence-corrected chi connectivity index (χ3v) is 6.81. The van der Waals surface area contributed by atoms with Gasteiger partial charge in [-0.25, -0.2) is 0 Å². The van der Waals surface area contributed by atoms with Crippen LogP contribution in [0.5, 0.6) is 5.75 Å². The van der Waals surface area contributed by atoms with Gasteiger partial charge in [0.1, 0.15) is 12.4 Å². The second-order valence-corrected chi connectivity index (χ2v) is 10.0. The highest BCUT2D eigenvalue weighted by molar-refractivity contribution is 6.31. The summed E-state index contributed by atoms with van der Waals surface area (Å²) in [6.07, 6.45) is 3.46. The van der Waals surface area contributed by atoms with E-state index in [1.807, 2.05) is 37.3 Å². The van der Waals surface area contributed by atoms with Crippen LogP contribution in [-0.2, 0) is 17.8 Å². The monoisotopic (exact) mass is 551 g/mol. The Morgan fingerprint density at radius 3 is 2.69 bits per heavy atom. The zero-order valence-electron chi connectivity index (χ0n) is 22.3. The van der Waals surface area contributed by atoms with Gasteiger partial charge in [0, 0.05) is 30.9 Å². The van der Waals surface area contributed by atoms with Crippen LogP contribution in [0.15, 0.2) is 54.7 Å². The van der Waals surface area contributed by atoms with Crippen LogP contribution in [0.25, 0.3) is 0 Å². The molecule has 1 aliphatic rings. The molecule has 0 saturated heterocycles. The maximum absolute atomic E-state index is 13.5. The van der Waals surface area contributed by atoms with Gasteiger partial charge in [-0.3, -0.25) is 19.1 Å². The molecule has 0 saturated carbocycles. The Balaban J connectivity index is 1.59. The molecule has 3 aromatic rings. The van der Waals surface area contributed by atoms with Crippen molar-refractivity contribution in [3.8, 4) is 5.75 Å². The third kappa shape index (κ3) is 7.60. The highest BCUT2D eigenvalue weighted by atomic mass is 35.5. The zero-order chi connectivity index (χ0) is 27.8. The van der Waals surface area contributed by atoms with Gasteiger partial charge < -0.3 is 20.3 Å². The Kier molecular flexibility index (Phi) is 9.59. The van der Waals surface area contributed by atoms with Crippen LogP contribution >= 0.6 is 11.6 Å². The third-order valence-electron chi connectivity index (χ3n) is 6.58. The lowest BCUT2D eigenvalue weighted by Crippen LogP contribution is -2.47. The molecule has 2 heterocycles. The number of fused-ring (bicyclic) bond motifs is 1. The van der Waals surface area contributed by atoms with Gasteiger partial charge in [-0.1, -0.05) is 41.9 Å². The quantitative estimate of drug-likeness (QED) is 0.515. The van der Waals surface area contributed by atoms with Gasteiger partial charge in [0.2, 0.25) is 5.91 Å². The minimum absolute atomic E-state index is 0.0978. The van der Waals surface area contributed by atoms with Crippen molar-refractivity contribution < 1.29 is 19.1 Å². The summed E-state index contributed by atoms with van der Waals surface area (Å²) in [5.74, 6) is -0.428. The molecule has 3 amide bonds. The standard InChI is InChI=1S/C29H34ClN5O4/c1-3-35-17-25(20(2)33-35)29(38)34-14-8-7-13-31-28(37)24-16-22(30)11-12-26(24)39-19-23(32-27(36)18-34)15-21-9-5-4-6-10-21/h4-6,9-12,16-17,23H,3,7-8,13-15,18-19H2,1-2H3,(H,31,37)(H,32,36)/t23-/m1/s1. The second-order valence-electron chi connectivity index (χ2n) is 9.58. The molecule has 10 heteroatoms. The number of aromatic nitrogens is 2. The van der Waals surface area contributed by atoms with Crippen molar-refractivity contribution in [3.63, 3.8) is 0 Å². The fourth-order valence-electron chi connectivity index (χ4n) is 4.53. The van der Waals surface area contributed by atoms with Gasteiger partial charge >= 0.3 is 0 Å². The molecule has 1 atom stereocenters. The van der Waals surface area contributed by atoms with Crippen LogP contribution in [0.1, 0.15) is 51.7 Å². The van der Waals surface area contributed by atoms with Crippen LogP contribution in [0.4, 0.5) is 0 Å². The number of benzene rings is 2. The number of ether oxygens (including phenoxy) is 1. The average molecular weight is 552 g/mol. The van der Waals surface area contributed by atoms with E-state index < -0.39 is 6.04 Å². The molecule has 2 N–H and O–H groups in total. The number of nitrogens with zero attached hydrogens (tertiary/aromatic N) is 3. The topological polar surface area (TPSA) is 106 Å². The minimum Gasteiger partial charge on any atom is -0.491 e. The van der Waals surface area contributed by atoms with Gasteiger partial charge in [0.05, 0.1) is 29.4 Å². The van der Waals surface area contributed by atoms with E-state index in [1.54, 1.807) is 40.9 Å². The van der Waals surface area contributed by atoms with E-state index in [-0.39, 0.29) is 30.9 Å². The summed E-state index contributed by atoms with van der Waals surface area (Å²) in [6, 6.07) is 14.3. The summed E-state index contributed by atoms with van der Waals surface area (Å²) >= 11 is 6.17. The maximum atomic E-state index is 13.5. The van der Waals surface area contributed by atoms with Crippen molar-refractivity contribution in [2.45, 2.75) is 45.7 Å². The number of halogens is 1. The van der Waals surface area contributed by atoms with Gasteiger partial charge in [-0.2, -0.15) is 5.10 Å². The molecule has 0 unspecified atom stereocenters. The van der Waals surface area contributed by atoms with Crippen molar-refractivity contribution in [3.05, 3.63) is 82.1 Å². The van der Waals surface area contributed by atoms with E-state index in [0.29, 0.717) is 66.5 Å². The number of aryl methyl sites for hydroxylation is 2. The highest BCUT2D eigenvalue weighted by Gasteiger charge is 2.24. The van der Waals surface area contributed by atoms with E-state index in [4.69, 9.17) is 16.3 Å². The molecule has 0 bridgehead atoms. The van der Waals surface area contributed by atoms with Gasteiger partial charge in [-0.15, -0.1) is 0 Å². The van der Waals surface area contributed by atoms with Crippen LogP contribution in [0.2, 0.25) is 5.02 Å².